The highest BCUT2D eigenvalue weighted by Gasteiger charge is 2.11. The number of carboxylic acid groups (broad SMARTS) is 1. The fraction of sp³-hybridized carbons (Fsp3) is 0.471. The number of rotatable bonds is 10. The van der Waals surface area contributed by atoms with E-state index < -0.39 is 5.97 Å². The van der Waals surface area contributed by atoms with Crippen molar-refractivity contribution in [1.29, 1.82) is 0 Å². The molecule has 2 rings (SSSR count). The van der Waals surface area contributed by atoms with E-state index in [1.807, 2.05) is 24.3 Å². The highest BCUT2D eigenvalue weighted by atomic mass is 16.5. The van der Waals surface area contributed by atoms with Crippen LogP contribution < -0.4 is 5.32 Å². The van der Waals surface area contributed by atoms with E-state index >= 15 is 0 Å². The van der Waals surface area contributed by atoms with Crippen molar-refractivity contribution >= 4 is 22.8 Å². The van der Waals surface area contributed by atoms with Gasteiger partial charge >= 0.3 is 5.97 Å². The Morgan fingerprint density at radius 2 is 1.83 bits per heavy atom. The Balaban J connectivity index is 1.59. The second kappa shape index (κ2) is 8.92. The van der Waals surface area contributed by atoms with E-state index in [4.69, 9.17) is 9.63 Å². The first kappa shape index (κ1) is 17.0. The third-order valence-corrected chi connectivity index (χ3v) is 3.67. The molecule has 0 bridgehead atoms. The van der Waals surface area contributed by atoms with Gasteiger partial charge in [-0.25, -0.2) is 0 Å². The molecule has 0 spiro atoms. The van der Waals surface area contributed by atoms with Crippen LogP contribution in [0, 0.1) is 0 Å². The lowest BCUT2D eigenvalue weighted by atomic mass is 10.1. The lowest BCUT2D eigenvalue weighted by molar-refractivity contribution is -0.137. The van der Waals surface area contributed by atoms with Gasteiger partial charge in [0.15, 0.2) is 5.58 Å². The van der Waals surface area contributed by atoms with Crippen molar-refractivity contribution in [2.45, 2.75) is 44.9 Å². The van der Waals surface area contributed by atoms with E-state index in [2.05, 4.69) is 10.5 Å². The van der Waals surface area contributed by atoms with Crippen molar-refractivity contribution in [2.75, 3.05) is 6.54 Å². The number of carboxylic acids is 1. The van der Waals surface area contributed by atoms with Crippen LogP contribution in [0.2, 0.25) is 0 Å². The van der Waals surface area contributed by atoms with Crippen LogP contribution in [0.25, 0.3) is 11.0 Å². The predicted molar refractivity (Wildman–Crippen MR) is 86.1 cm³/mol. The number of carbonyl (C=O) groups is 2. The van der Waals surface area contributed by atoms with Gasteiger partial charge < -0.3 is 14.9 Å². The Kier molecular flexibility index (Phi) is 6.59. The van der Waals surface area contributed by atoms with Crippen molar-refractivity contribution in [3.63, 3.8) is 0 Å². The molecule has 1 aromatic carbocycles. The number of aliphatic carboxylic acids is 1. The number of benzene rings is 1. The van der Waals surface area contributed by atoms with Crippen LogP contribution >= 0.6 is 0 Å². The summed E-state index contributed by atoms with van der Waals surface area (Å²) in [5.74, 6) is -0.799. The molecule has 124 valence electrons. The molecule has 0 aliphatic carbocycles. The topological polar surface area (TPSA) is 92.4 Å². The molecule has 0 saturated carbocycles. The molecule has 0 aliphatic heterocycles. The minimum Gasteiger partial charge on any atom is -0.481 e. The number of nitrogens with zero attached hydrogens (tertiary/aromatic N) is 1. The molecule has 0 unspecified atom stereocenters. The van der Waals surface area contributed by atoms with Gasteiger partial charge in [0.1, 0.15) is 5.69 Å². The molecule has 1 amide bonds. The first-order valence-electron chi connectivity index (χ1n) is 7.98. The molecule has 0 aliphatic rings. The Morgan fingerprint density at radius 3 is 2.65 bits per heavy atom. The Bertz CT molecular complexity index is 651. The van der Waals surface area contributed by atoms with Gasteiger partial charge in [0.05, 0.1) is 6.42 Å². The first-order valence-corrected chi connectivity index (χ1v) is 7.98. The number of unbranched alkanes of at least 4 members (excludes halogenated alkanes) is 4. The third kappa shape index (κ3) is 5.73. The number of hydrogen-bond donors (Lipinski definition) is 2. The summed E-state index contributed by atoms with van der Waals surface area (Å²) >= 11 is 0. The molecule has 0 atom stereocenters. The smallest absolute Gasteiger partial charge is 0.303 e. The minimum absolute atomic E-state index is 0.0602. The molecule has 6 nitrogen and oxygen atoms in total. The van der Waals surface area contributed by atoms with Gasteiger partial charge in [0, 0.05) is 18.4 Å². The summed E-state index contributed by atoms with van der Waals surface area (Å²) in [6, 6.07) is 7.48. The highest BCUT2D eigenvalue weighted by molar-refractivity contribution is 5.86. The van der Waals surface area contributed by atoms with Crippen LogP contribution in [0.15, 0.2) is 28.8 Å². The lowest BCUT2D eigenvalue weighted by Crippen LogP contribution is -2.26. The molecule has 0 saturated heterocycles. The molecular formula is C17H22N2O4. The van der Waals surface area contributed by atoms with Crippen molar-refractivity contribution in [1.82, 2.24) is 10.5 Å². The van der Waals surface area contributed by atoms with Crippen LogP contribution in [0.4, 0.5) is 0 Å². The molecule has 6 heteroatoms. The maximum atomic E-state index is 11.9. The number of para-hydroxylation sites is 1. The van der Waals surface area contributed by atoms with Crippen LogP contribution in [0.3, 0.4) is 0 Å². The van der Waals surface area contributed by atoms with E-state index in [1.165, 1.54) is 0 Å². The quantitative estimate of drug-likeness (QED) is 0.657. The van der Waals surface area contributed by atoms with Crippen LogP contribution in [-0.2, 0) is 16.0 Å². The summed E-state index contributed by atoms with van der Waals surface area (Å²) in [6.07, 6.45) is 4.99. The molecular weight excluding hydrogens is 296 g/mol. The summed E-state index contributed by atoms with van der Waals surface area (Å²) in [7, 11) is 0. The molecule has 2 N–H and O–H groups in total. The zero-order chi connectivity index (χ0) is 16.5. The summed E-state index contributed by atoms with van der Waals surface area (Å²) in [6.45, 7) is 0.632. The normalized spacial score (nSPS) is 10.8. The van der Waals surface area contributed by atoms with Gasteiger partial charge in [-0.2, -0.15) is 0 Å². The zero-order valence-corrected chi connectivity index (χ0v) is 13.1. The molecule has 23 heavy (non-hydrogen) atoms. The molecule has 0 fully saturated rings. The SMILES string of the molecule is O=C(O)CCCCCCCNC(=O)Cc1noc2ccccc12. The van der Waals surface area contributed by atoms with Gasteiger partial charge in [0.2, 0.25) is 5.91 Å². The van der Waals surface area contributed by atoms with Crippen molar-refractivity contribution in [2.24, 2.45) is 0 Å². The Hall–Kier alpha value is -2.37. The maximum absolute atomic E-state index is 11.9. The largest absolute Gasteiger partial charge is 0.481 e. The van der Waals surface area contributed by atoms with E-state index in [9.17, 15) is 9.59 Å². The lowest BCUT2D eigenvalue weighted by Gasteiger charge is -2.04. The van der Waals surface area contributed by atoms with E-state index in [1.54, 1.807) is 0 Å². The van der Waals surface area contributed by atoms with Crippen LogP contribution in [-0.4, -0.2) is 28.7 Å². The maximum Gasteiger partial charge on any atom is 0.303 e. The first-order chi connectivity index (χ1) is 11.2. The number of carbonyl (C=O) groups excluding carboxylic acids is 1. The minimum atomic E-state index is -0.738. The van der Waals surface area contributed by atoms with Gasteiger partial charge in [0.25, 0.3) is 0 Å². The number of nitrogens with one attached hydrogen (secondary N) is 1. The van der Waals surface area contributed by atoms with Gasteiger partial charge in [-0.15, -0.1) is 0 Å². The van der Waals surface area contributed by atoms with Crippen LogP contribution in [0.5, 0.6) is 0 Å². The van der Waals surface area contributed by atoms with E-state index in [0.717, 1.165) is 37.5 Å². The number of fused-ring (bicyclic) bond motifs is 1. The van der Waals surface area contributed by atoms with E-state index in [0.29, 0.717) is 17.8 Å². The van der Waals surface area contributed by atoms with Crippen molar-refractivity contribution in [3.05, 3.63) is 30.0 Å². The average Bonchev–Trinajstić information content (AvgIpc) is 2.93. The molecule has 0 radical (unpaired) electrons. The monoisotopic (exact) mass is 318 g/mol. The van der Waals surface area contributed by atoms with Gasteiger partial charge in [-0.3, -0.25) is 9.59 Å². The third-order valence-electron chi connectivity index (χ3n) is 3.67. The van der Waals surface area contributed by atoms with Gasteiger partial charge in [-0.1, -0.05) is 36.6 Å². The summed E-state index contributed by atoms with van der Waals surface area (Å²) < 4.78 is 5.18. The average molecular weight is 318 g/mol. The summed E-state index contributed by atoms with van der Waals surface area (Å²) in [4.78, 5) is 22.3. The van der Waals surface area contributed by atoms with Crippen molar-refractivity contribution < 1.29 is 19.2 Å². The molecule has 1 aromatic heterocycles. The highest BCUT2D eigenvalue weighted by Crippen LogP contribution is 2.17. The number of aromatic nitrogens is 1. The second-order valence-corrected chi connectivity index (χ2v) is 5.56. The Morgan fingerprint density at radius 1 is 1.09 bits per heavy atom. The second-order valence-electron chi connectivity index (χ2n) is 5.56. The Labute approximate surface area is 134 Å². The van der Waals surface area contributed by atoms with E-state index in [-0.39, 0.29) is 18.7 Å². The van der Waals surface area contributed by atoms with Crippen LogP contribution in [0.1, 0.15) is 44.2 Å². The zero-order valence-electron chi connectivity index (χ0n) is 13.1. The molecule has 2 aromatic rings. The number of amides is 1. The number of hydrogen-bond acceptors (Lipinski definition) is 4. The molecule has 1 heterocycles. The van der Waals surface area contributed by atoms with Gasteiger partial charge in [-0.05, 0) is 25.0 Å². The summed E-state index contributed by atoms with van der Waals surface area (Å²) in [5, 5.41) is 16.2. The standard InChI is InChI=1S/C17H22N2O4/c20-16(18-11-7-3-1-2-4-10-17(21)22)12-14-13-8-5-6-9-15(13)23-19-14/h5-6,8-9H,1-4,7,10-12H2,(H,18,20)(H,21,22). The summed E-state index contributed by atoms with van der Waals surface area (Å²) in [5.41, 5.74) is 1.35. The van der Waals surface area contributed by atoms with Crippen molar-refractivity contribution in [3.8, 4) is 0 Å². The fourth-order valence-electron chi connectivity index (χ4n) is 2.44. The fourth-order valence-corrected chi connectivity index (χ4v) is 2.44. The predicted octanol–water partition coefficient (Wildman–Crippen LogP) is 2.91.